The van der Waals surface area contributed by atoms with Crippen LogP contribution in [0.2, 0.25) is 0 Å². The van der Waals surface area contributed by atoms with Crippen LogP contribution < -0.4 is 10.1 Å². The van der Waals surface area contributed by atoms with Crippen molar-refractivity contribution in [2.75, 3.05) is 13.2 Å². The number of nitrogens with one attached hydrogen (secondary N) is 1. The molecule has 0 fully saturated rings. The molecule has 1 atom stereocenters. The number of benzene rings is 1. The first kappa shape index (κ1) is 9.53. The fourth-order valence-corrected chi connectivity index (χ4v) is 1.99. The van der Waals surface area contributed by atoms with E-state index in [4.69, 9.17) is 4.74 Å². The van der Waals surface area contributed by atoms with E-state index in [0.717, 1.165) is 25.3 Å². The molecule has 1 unspecified atom stereocenters. The van der Waals surface area contributed by atoms with Gasteiger partial charge in [-0.05, 0) is 50.1 Å². The van der Waals surface area contributed by atoms with Crippen LogP contribution in [-0.2, 0) is 6.42 Å². The summed E-state index contributed by atoms with van der Waals surface area (Å²) in [5.41, 5.74) is 2.85. The molecule has 0 saturated heterocycles. The second kappa shape index (κ2) is 4.01. The zero-order chi connectivity index (χ0) is 9.97. The lowest BCUT2D eigenvalue weighted by atomic mass is 9.95. The number of rotatable bonds is 2. The fourth-order valence-electron chi connectivity index (χ4n) is 1.99. The van der Waals surface area contributed by atoms with Crippen molar-refractivity contribution in [1.29, 1.82) is 0 Å². The Hall–Kier alpha value is -1.02. The third-order valence-corrected chi connectivity index (χ3v) is 2.74. The molecule has 0 saturated carbocycles. The zero-order valence-electron chi connectivity index (χ0n) is 8.84. The third-order valence-electron chi connectivity index (χ3n) is 2.74. The average Bonchev–Trinajstić information content (AvgIpc) is 2.20. The molecular formula is C12H17NO. The summed E-state index contributed by atoms with van der Waals surface area (Å²) in [6, 6.07) is 6.88. The van der Waals surface area contributed by atoms with E-state index in [9.17, 15) is 0 Å². The molecular weight excluding hydrogens is 174 g/mol. The molecule has 2 nitrogen and oxygen atoms in total. The van der Waals surface area contributed by atoms with Crippen molar-refractivity contribution >= 4 is 0 Å². The van der Waals surface area contributed by atoms with Crippen LogP contribution in [0.3, 0.4) is 0 Å². The van der Waals surface area contributed by atoms with Gasteiger partial charge in [-0.25, -0.2) is 0 Å². The van der Waals surface area contributed by atoms with Gasteiger partial charge in [0.15, 0.2) is 0 Å². The Morgan fingerprint density at radius 1 is 1.50 bits per heavy atom. The standard InChI is InChI=1S/C12H17NO/c1-3-14-11-5-4-10-6-7-13-9(2)12(10)8-11/h4-5,8-9,13H,3,6-7H2,1-2H3. The molecule has 1 aromatic carbocycles. The van der Waals surface area contributed by atoms with E-state index in [2.05, 4.69) is 30.4 Å². The van der Waals surface area contributed by atoms with E-state index in [-0.39, 0.29) is 0 Å². The SMILES string of the molecule is CCOc1ccc2c(c1)C(C)NCC2. The van der Waals surface area contributed by atoms with Gasteiger partial charge in [0.2, 0.25) is 0 Å². The van der Waals surface area contributed by atoms with Gasteiger partial charge in [-0.1, -0.05) is 6.07 Å². The van der Waals surface area contributed by atoms with Gasteiger partial charge in [-0.3, -0.25) is 0 Å². The molecule has 2 rings (SSSR count). The topological polar surface area (TPSA) is 21.3 Å². The van der Waals surface area contributed by atoms with Gasteiger partial charge in [0.25, 0.3) is 0 Å². The van der Waals surface area contributed by atoms with Crippen LogP contribution >= 0.6 is 0 Å². The minimum absolute atomic E-state index is 0.458. The van der Waals surface area contributed by atoms with Crippen LogP contribution in [-0.4, -0.2) is 13.2 Å². The highest BCUT2D eigenvalue weighted by Gasteiger charge is 2.15. The van der Waals surface area contributed by atoms with Crippen molar-refractivity contribution in [3.8, 4) is 5.75 Å². The van der Waals surface area contributed by atoms with Crippen molar-refractivity contribution in [3.05, 3.63) is 29.3 Å². The molecule has 1 heterocycles. The fraction of sp³-hybridized carbons (Fsp3) is 0.500. The number of hydrogen-bond donors (Lipinski definition) is 1. The van der Waals surface area contributed by atoms with Gasteiger partial charge in [0.05, 0.1) is 6.61 Å². The first-order valence-electron chi connectivity index (χ1n) is 5.30. The number of ether oxygens (including phenoxy) is 1. The quantitative estimate of drug-likeness (QED) is 0.774. The molecule has 0 aliphatic carbocycles. The number of fused-ring (bicyclic) bond motifs is 1. The normalized spacial score (nSPS) is 20.3. The Kier molecular flexibility index (Phi) is 2.73. The summed E-state index contributed by atoms with van der Waals surface area (Å²) in [5, 5.41) is 3.45. The van der Waals surface area contributed by atoms with E-state index in [0.29, 0.717) is 6.04 Å². The highest BCUT2D eigenvalue weighted by atomic mass is 16.5. The third kappa shape index (κ3) is 1.75. The molecule has 1 aliphatic rings. The molecule has 0 radical (unpaired) electrons. The summed E-state index contributed by atoms with van der Waals surface area (Å²) in [5.74, 6) is 0.988. The predicted octanol–water partition coefficient (Wildman–Crippen LogP) is 2.29. The summed E-state index contributed by atoms with van der Waals surface area (Å²) < 4.78 is 5.49. The Morgan fingerprint density at radius 2 is 2.36 bits per heavy atom. The maximum atomic E-state index is 5.49. The van der Waals surface area contributed by atoms with Gasteiger partial charge >= 0.3 is 0 Å². The summed E-state index contributed by atoms with van der Waals surface area (Å²) in [6.07, 6.45) is 1.13. The summed E-state index contributed by atoms with van der Waals surface area (Å²) >= 11 is 0. The molecule has 0 bridgehead atoms. The molecule has 1 aliphatic heterocycles. The van der Waals surface area contributed by atoms with E-state index in [1.807, 2.05) is 6.92 Å². The second-order valence-corrected chi connectivity index (χ2v) is 3.72. The van der Waals surface area contributed by atoms with Crippen molar-refractivity contribution in [3.63, 3.8) is 0 Å². The summed E-state index contributed by atoms with van der Waals surface area (Å²) in [7, 11) is 0. The predicted molar refractivity (Wildman–Crippen MR) is 57.7 cm³/mol. The monoisotopic (exact) mass is 191 g/mol. The van der Waals surface area contributed by atoms with Crippen LogP contribution in [0, 0.1) is 0 Å². The van der Waals surface area contributed by atoms with Crippen molar-refractivity contribution in [2.45, 2.75) is 26.3 Å². The molecule has 0 aromatic heterocycles. The molecule has 76 valence electrons. The Morgan fingerprint density at radius 3 is 3.14 bits per heavy atom. The van der Waals surface area contributed by atoms with Crippen molar-refractivity contribution in [2.24, 2.45) is 0 Å². The van der Waals surface area contributed by atoms with Crippen LogP contribution in [0.5, 0.6) is 5.75 Å². The Balaban J connectivity index is 2.31. The Labute approximate surface area is 85.3 Å². The lowest BCUT2D eigenvalue weighted by Gasteiger charge is -2.24. The molecule has 1 N–H and O–H groups in total. The smallest absolute Gasteiger partial charge is 0.119 e. The van der Waals surface area contributed by atoms with Crippen LogP contribution in [0.15, 0.2) is 18.2 Å². The van der Waals surface area contributed by atoms with Gasteiger partial charge in [-0.2, -0.15) is 0 Å². The number of hydrogen-bond acceptors (Lipinski definition) is 2. The lowest BCUT2D eigenvalue weighted by Crippen LogP contribution is -2.27. The van der Waals surface area contributed by atoms with Crippen LogP contribution in [0.1, 0.15) is 31.0 Å². The van der Waals surface area contributed by atoms with E-state index in [1.165, 1.54) is 11.1 Å². The first-order valence-corrected chi connectivity index (χ1v) is 5.30. The largest absolute Gasteiger partial charge is 0.494 e. The van der Waals surface area contributed by atoms with E-state index in [1.54, 1.807) is 0 Å². The molecule has 2 heteroatoms. The average molecular weight is 191 g/mol. The Bertz CT molecular complexity index is 322. The van der Waals surface area contributed by atoms with Gasteiger partial charge in [0, 0.05) is 6.04 Å². The first-order chi connectivity index (χ1) is 6.81. The maximum absolute atomic E-state index is 5.49. The molecule has 1 aromatic rings. The van der Waals surface area contributed by atoms with Crippen molar-refractivity contribution < 1.29 is 4.74 Å². The molecule has 0 amide bonds. The minimum atomic E-state index is 0.458. The van der Waals surface area contributed by atoms with Gasteiger partial charge in [-0.15, -0.1) is 0 Å². The van der Waals surface area contributed by atoms with E-state index >= 15 is 0 Å². The van der Waals surface area contributed by atoms with E-state index < -0.39 is 0 Å². The van der Waals surface area contributed by atoms with Crippen LogP contribution in [0.25, 0.3) is 0 Å². The summed E-state index contributed by atoms with van der Waals surface area (Å²) in [4.78, 5) is 0. The van der Waals surface area contributed by atoms with Gasteiger partial charge < -0.3 is 10.1 Å². The molecule has 0 spiro atoms. The van der Waals surface area contributed by atoms with Crippen LogP contribution in [0.4, 0.5) is 0 Å². The maximum Gasteiger partial charge on any atom is 0.119 e. The van der Waals surface area contributed by atoms with Gasteiger partial charge in [0.1, 0.15) is 5.75 Å². The highest BCUT2D eigenvalue weighted by Crippen LogP contribution is 2.26. The summed E-state index contributed by atoms with van der Waals surface area (Å²) in [6.45, 7) is 6.04. The zero-order valence-corrected chi connectivity index (χ0v) is 8.84. The second-order valence-electron chi connectivity index (χ2n) is 3.72. The van der Waals surface area contributed by atoms with Crippen molar-refractivity contribution in [1.82, 2.24) is 5.32 Å². The molecule has 14 heavy (non-hydrogen) atoms. The minimum Gasteiger partial charge on any atom is -0.494 e. The lowest BCUT2D eigenvalue weighted by molar-refractivity contribution is 0.339. The highest BCUT2D eigenvalue weighted by molar-refractivity contribution is 5.39.